The second-order valence-corrected chi connectivity index (χ2v) is 4.27. The number of benzene rings is 1. The van der Waals surface area contributed by atoms with Crippen molar-refractivity contribution >= 4 is 17.3 Å². The van der Waals surface area contributed by atoms with Crippen LogP contribution in [0.3, 0.4) is 0 Å². The molecule has 1 aromatic rings. The van der Waals surface area contributed by atoms with E-state index in [2.05, 4.69) is 5.32 Å². The van der Waals surface area contributed by atoms with E-state index in [1.165, 1.54) is 6.07 Å². The molecule has 0 saturated heterocycles. The Balaban J connectivity index is 2.91. The van der Waals surface area contributed by atoms with Crippen molar-refractivity contribution in [2.75, 3.05) is 5.32 Å². The molecule has 0 radical (unpaired) electrons. The summed E-state index contributed by atoms with van der Waals surface area (Å²) in [6, 6.07) is 2.76. The van der Waals surface area contributed by atoms with Crippen LogP contribution in [0.4, 0.5) is 18.9 Å². The maximum absolute atomic E-state index is 12.4. The lowest BCUT2D eigenvalue weighted by molar-refractivity contribution is -0.137. The van der Waals surface area contributed by atoms with Crippen LogP contribution in [0.25, 0.3) is 0 Å². The van der Waals surface area contributed by atoms with E-state index in [0.717, 1.165) is 12.1 Å². The molecule has 2 nitrogen and oxygen atoms in total. The number of anilines is 1. The van der Waals surface area contributed by atoms with E-state index in [0.29, 0.717) is 5.69 Å². The summed E-state index contributed by atoms with van der Waals surface area (Å²) in [5, 5.41) is 12.1. The zero-order chi connectivity index (χ0) is 13.2. The van der Waals surface area contributed by atoms with Crippen LogP contribution in [0.5, 0.6) is 0 Å². The minimum absolute atomic E-state index is 0.0210. The molecule has 2 unspecified atom stereocenters. The first-order chi connectivity index (χ1) is 7.71. The highest BCUT2D eigenvalue weighted by atomic mass is 35.5. The number of hydrogen-bond acceptors (Lipinski definition) is 2. The monoisotopic (exact) mass is 267 g/mol. The van der Waals surface area contributed by atoms with Crippen molar-refractivity contribution in [3.63, 3.8) is 0 Å². The summed E-state index contributed by atoms with van der Waals surface area (Å²) >= 11 is 5.74. The zero-order valence-corrected chi connectivity index (χ0v) is 10.1. The van der Waals surface area contributed by atoms with Crippen LogP contribution in [-0.4, -0.2) is 17.3 Å². The summed E-state index contributed by atoms with van der Waals surface area (Å²) in [6.45, 7) is 3.29. The molecular formula is C11H13ClF3NO. The molecule has 96 valence electrons. The fraction of sp³-hybridized carbons (Fsp3) is 0.455. The molecular weight excluding hydrogens is 255 g/mol. The van der Waals surface area contributed by atoms with Gasteiger partial charge in [-0.3, -0.25) is 0 Å². The Labute approximate surface area is 102 Å². The fourth-order valence-corrected chi connectivity index (χ4v) is 1.41. The molecule has 2 atom stereocenters. The molecule has 17 heavy (non-hydrogen) atoms. The zero-order valence-electron chi connectivity index (χ0n) is 9.35. The molecule has 0 spiro atoms. The molecule has 0 amide bonds. The second kappa shape index (κ2) is 5.14. The first kappa shape index (κ1) is 14.1. The van der Waals surface area contributed by atoms with E-state index < -0.39 is 17.8 Å². The predicted octanol–water partition coefficient (Wildman–Crippen LogP) is 3.54. The summed E-state index contributed by atoms with van der Waals surface area (Å²) in [6.07, 6.45) is -5.04. The van der Waals surface area contributed by atoms with Crippen LogP contribution in [-0.2, 0) is 6.18 Å². The normalized spacial score (nSPS) is 15.5. The van der Waals surface area contributed by atoms with Crippen molar-refractivity contribution in [2.24, 2.45) is 0 Å². The van der Waals surface area contributed by atoms with Crippen LogP contribution in [0.1, 0.15) is 19.4 Å². The largest absolute Gasteiger partial charge is 0.416 e. The van der Waals surface area contributed by atoms with Gasteiger partial charge < -0.3 is 10.4 Å². The van der Waals surface area contributed by atoms with Gasteiger partial charge in [0.25, 0.3) is 0 Å². The van der Waals surface area contributed by atoms with E-state index in [4.69, 9.17) is 11.6 Å². The molecule has 1 rings (SSSR count). The quantitative estimate of drug-likeness (QED) is 0.878. The van der Waals surface area contributed by atoms with Crippen LogP contribution >= 0.6 is 11.6 Å². The van der Waals surface area contributed by atoms with Gasteiger partial charge in [-0.1, -0.05) is 11.6 Å². The highest BCUT2D eigenvalue weighted by Crippen LogP contribution is 2.33. The molecule has 0 fully saturated rings. The molecule has 1 aromatic carbocycles. The van der Waals surface area contributed by atoms with Gasteiger partial charge in [0.15, 0.2) is 0 Å². The van der Waals surface area contributed by atoms with Gasteiger partial charge >= 0.3 is 6.18 Å². The minimum atomic E-state index is -4.40. The van der Waals surface area contributed by atoms with E-state index in [9.17, 15) is 18.3 Å². The van der Waals surface area contributed by atoms with Gasteiger partial charge in [0.05, 0.1) is 22.4 Å². The Morgan fingerprint density at radius 2 is 1.88 bits per heavy atom. The van der Waals surface area contributed by atoms with E-state index >= 15 is 0 Å². The molecule has 0 saturated carbocycles. The Bertz CT molecular complexity index is 393. The molecule has 0 bridgehead atoms. The number of halogens is 4. The highest BCUT2D eigenvalue weighted by Gasteiger charge is 2.30. The Morgan fingerprint density at radius 1 is 1.29 bits per heavy atom. The predicted molar refractivity (Wildman–Crippen MR) is 61.2 cm³/mol. The summed E-state index contributed by atoms with van der Waals surface area (Å²) in [5.41, 5.74) is -0.425. The van der Waals surface area contributed by atoms with E-state index in [1.54, 1.807) is 13.8 Å². The number of alkyl halides is 3. The van der Waals surface area contributed by atoms with Gasteiger partial charge in [-0.2, -0.15) is 13.2 Å². The van der Waals surface area contributed by atoms with Crippen molar-refractivity contribution in [2.45, 2.75) is 32.2 Å². The van der Waals surface area contributed by atoms with Crippen molar-refractivity contribution in [1.82, 2.24) is 0 Å². The van der Waals surface area contributed by atoms with Crippen LogP contribution in [0.2, 0.25) is 5.02 Å². The van der Waals surface area contributed by atoms with Gasteiger partial charge in [-0.25, -0.2) is 0 Å². The Hall–Kier alpha value is -0.940. The van der Waals surface area contributed by atoms with Gasteiger partial charge in [0, 0.05) is 6.04 Å². The average molecular weight is 268 g/mol. The van der Waals surface area contributed by atoms with Crippen molar-refractivity contribution in [3.8, 4) is 0 Å². The first-order valence-electron chi connectivity index (χ1n) is 5.03. The van der Waals surface area contributed by atoms with Gasteiger partial charge in [0.1, 0.15) is 0 Å². The van der Waals surface area contributed by atoms with Crippen LogP contribution < -0.4 is 5.32 Å². The SMILES string of the molecule is CC(O)C(C)Nc1ccc(C(F)(F)F)cc1Cl. The number of nitrogens with one attached hydrogen (secondary N) is 1. The lowest BCUT2D eigenvalue weighted by atomic mass is 10.1. The Morgan fingerprint density at radius 3 is 2.29 bits per heavy atom. The molecule has 0 heterocycles. The second-order valence-electron chi connectivity index (χ2n) is 3.87. The average Bonchev–Trinajstić information content (AvgIpc) is 2.19. The third kappa shape index (κ3) is 3.78. The Kier molecular flexibility index (Phi) is 4.27. The molecule has 6 heteroatoms. The third-order valence-electron chi connectivity index (χ3n) is 2.40. The molecule has 0 aliphatic rings. The van der Waals surface area contributed by atoms with Crippen molar-refractivity contribution in [1.29, 1.82) is 0 Å². The lowest BCUT2D eigenvalue weighted by Gasteiger charge is -2.19. The maximum Gasteiger partial charge on any atom is 0.416 e. The lowest BCUT2D eigenvalue weighted by Crippen LogP contribution is -2.28. The third-order valence-corrected chi connectivity index (χ3v) is 2.72. The first-order valence-corrected chi connectivity index (χ1v) is 5.41. The fourth-order valence-electron chi connectivity index (χ4n) is 1.17. The molecule has 0 aromatic heterocycles. The number of aliphatic hydroxyl groups is 1. The maximum atomic E-state index is 12.4. The highest BCUT2D eigenvalue weighted by molar-refractivity contribution is 6.33. The minimum Gasteiger partial charge on any atom is -0.391 e. The summed E-state index contributed by atoms with van der Waals surface area (Å²) < 4.78 is 37.1. The van der Waals surface area contributed by atoms with Gasteiger partial charge in [-0.05, 0) is 32.0 Å². The molecule has 2 N–H and O–H groups in total. The summed E-state index contributed by atoms with van der Waals surface area (Å²) in [7, 11) is 0. The number of hydrogen-bond donors (Lipinski definition) is 2. The molecule has 0 aliphatic carbocycles. The number of rotatable bonds is 3. The van der Waals surface area contributed by atoms with E-state index in [1.807, 2.05) is 0 Å². The van der Waals surface area contributed by atoms with Crippen LogP contribution in [0, 0.1) is 0 Å². The topological polar surface area (TPSA) is 32.3 Å². The smallest absolute Gasteiger partial charge is 0.391 e. The standard InChI is InChI=1S/C11H13ClF3NO/c1-6(7(2)17)16-10-4-3-8(5-9(10)12)11(13,14)15/h3-7,16-17H,1-2H3. The van der Waals surface area contributed by atoms with Crippen molar-refractivity contribution in [3.05, 3.63) is 28.8 Å². The van der Waals surface area contributed by atoms with E-state index in [-0.39, 0.29) is 11.1 Å². The van der Waals surface area contributed by atoms with Crippen LogP contribution in [0.15, 0.2) is 18.2 Å². The summed E-state index contributed by atoms with van der Waals surface area (Å²) in [4.78, 5) is 0. The van der Waals surface area contributed by atoms with Crippen molar-refractivity contribution < 1.29 is 18.3 Å². The molecule has 0 aliphatic heterocycles. The van der Waals surface area contributed by atoms with Gasteiger partial charge in [-0.15, -0.1) is 0 Å². The summed E-state index contributed by atoms with van der Waals surface area (Å²) in [5.74, 6) is 0. The number of aliphatic hydroxyl groups excluding tert-OH is 1. The van der Waals surface area contributed by atoms with Gasteiger partial charge in [0.2, 0.25) is 0 Å².